The van der Waals surface area contributed by atoms with Gasteiger partial charge in [0.1, 0.15) is 29.3 Å². The van der Waals surface area contributed by atoms with Crippen LogP contribution in [0.1, 0.15) is 175 Å². The van der Waals surface area contributed by atoms with E-state index in [1.54, 1.807) is 44.2 Å². The number of carbonyl (C=O) groups is 4. The van der Waals surface area contributed by atoms with Crippen molar-refractivity contribution in [2.45, 2.75) is 230 Å². The van der Waals surface area contributed by atoms with E-state index in [0.29, 0.717) is 68.7 Å². The summed E-state index contributed by atoms with van der Waals surface area (Å²) in [5.41, 5.74) is -16.0. The van der Waals surface area contributed by atoms with Crippen molar-refractivity contribution in [2.24, 2.45) is 23.7 Å². The van der Waals surface area contributed by atoms with Gasteiger partial charge in [0.25, 0.3) is 0 Å². The number of ether oxygens (including phenoxy) is 4. The molecule has 0 heterocycles. The highest BCUT2D eigenvalue weighted by Crippen LogP contribution is 2.51. The van der Waals surface area contributed by atoms with Crippen molar-refractivity contribution in [3.05, 3.63) is 145 Å². The molecule has 31 heteroatoms. The molecule has 4 saturated carbocycles. The first kappa shape index (κ1) is 95.1. The monoisotopic (exact) mass is 1520 g/mol. The molecule has 3 aromatic carbocycles. The predicted molar refractivity (Wildman–Crippen MR) is 360 cm³/mol. The second-order valence-electron chi connectivity index (χ2n) is 27.4. The molecule has 4 aliphatic rings. The lowest BCUT2D eigenvalue weighted by Crippen LogP contribution is -2.57. The van der Waals surface area contributed by atoms with E-state index in [0.717, 1.165) is 43.2 Å². The van der Waals surface area contributed by atoms with Gasteiger partial charge in [-0.3, -0.25) is 0 Å². The van der Waals surface area contributed by atoms with Crippen molar-refractivity contribution in [3.8, 4) is 23.0 Å². The third-order valence-corrected chi connectivity index (χ3v) is 18.0. The number of carbonyl (C=O) groups excluding carboxylic acids is 4. The van der Waals surface area contributed by atoms with Crippen LogP contribution in [0.3, 0.4) is 0 Å². The number of alkyl halides is 15. The Morgan fingerprint density at radius 3 is 1.24 bits per heavy atom. The van der Waals surface area contributed by atoms with Crippen molar-refractivity contribution >= 4 is 36.0 Å². The van der Waals surface area contributed by atoms with Crippen LogP contribution < -0.4 is 4.74 Å². The summed E-state index contributed by atoms with van der Waals surface area (Å²) < 4.78 is 212. The molecule has 16 nitrogen and oxygen atoms in total. The Labute approximate surface area is 600 Å². The second kappa shape index (κ2) is 37.6. The quantitative estimate of drug-likeness (QED) is 0.0176. The molecule has 592 valence electrons. The molecule has 10 atom stereocenters. The van der Waals surface area contributed by atoms with E-state index in [1.807, 2.05) is 19.1 Å². The molecule has 8 N–H and O–H groups in total. The normalized spacial score (nSPS) is 21.7. The van der Waals surface area contributed by atoms with E-state index in [9.17, 15) is 105 Å². The summed E-state index contributed by atoms with van der Waals surface area (Å²) in [7, 11) is 0. The van der Waals surface area contributed by atoms with Crippen molar-refractivity contribution in [1.82, 2.24) is 0 Å². The summed E-state index contributed by atoms with van der Waals surface area (Å²) in [5, 5.41) is 74.4. The molecule has 0 aliphatic heterocycles. The zero-order valence-corrected chi connectivity index (χ0v) is 60.1. The average Bonchev–Trinajstić information content (AvgIpc) is 1.73. The first-order valence-corrected chi connectivity index (χ1v) is 32.6. The maximum absolute atomic E-state index is 13.1. The minimum atomic E-state index is -5.24. The zero-order valence-electron chi connectivity index (χ0n) is 60.1. The van der Waals surface area contributed by atoms with Gasteiger partial charge >= 0.3 is 54.8 Å². The zero-order chi connectivity index (χ0) is 82.0. The summed E-state index contributed by atoms with van der Waals surface area (Å²) >= 11 is 0. The van der Waals surface area contributed by atoms with Gasteiger partial charge in [0, 0.05) is 34.1 Å². The summed E-state index contributed by atoms with van der Waals surface area (Å²) in [5.74, 6) is -5.10. The lowest BCUT2D eigenvalue weighted by Gasteiger charge is -2.46. The van der Waals surface area contributed by atoms with Crippen LogP contribution in [0.15, 0.2) is 122 Å². The van der Waals surface area contributed by atoms with E-state index in [1.165, 1.54) is 65.0 Å². The molecule has 0 aromatic heterocycles. The van der Waals surface area contributed by atoms with Gasteiger partial charge < -0.3 is 59.8 Å². The molecule has 7 rings (SSSR count). The van der Waals surface area contributed by atoms with E-state index in [-0.39, 0.29) is 52.7 Å². The van der Waals surface area contributed by atoms with E-state index < -0.39 is 125 Å². The van der Waals surface area contributed by atoms with Gasteiger partial charge in [-0.25, -0.2) is 19.2 Å². The molecule has 4 aliphatic carbocycles. The molecule has 0 amide bonds. The van der Waals surface area contributed by atoms with Crippen LogP contribution in [0.5, 0.6) is 23.0 Å². The largest absolute Gasteiger partial charge is 0.508 e. The number of hydrogen-bond donors (Lipinski definition) is 8. The minimum absolute atomic E-state index is 0.0752. The number of benzene rings is 3. The van der Waals surface area contributed by atoms with E-state index >= 15 is 0 Å². The molecule has 10 unspecified atom stereocenters. The molecule has 0 spiro atoms. The van der Waals surface area contributed by atoms with Crippen molar-refractivity contribution in [2.75, 3.05) is 0 Å². The fraction of sp³-hybridized carbons (Fsp3) is 0.541. The van der Waals surface area contributed by atoms with Crippen LogP contribution >= 0.6 is 0 Å². The first-order valence-electron chi connectivity index (χ1n) is 32.6. The summed E-state index contributed by atoms with van der Waals surface area (Å²) in [6.07, 6.45) is -15.8. The number of phenolic OH excluding ortho intramolecular Hbond substituents is 3. The molecule has 2 bridgehead atoms. The Balaban J connectivity index is 0.000000641. The third-order valence-electron chi connectivity index (χ3n) is 18.0. The van der Waals surface area contributed by atoms with Gasteiger partial charge in [-0.1, -0.05) is 76.7 Å². The smallest absolute Gasteiger partial charge is 0.421 e. The van der Waals surface area contributed by atoms with Gasteiger partial charge in [0.2, 0.25) is 0 Å². The molecule has 3 aromatic rings. The Morgan fingerprint density at radius 1 is 0.505 bits per heavy atom. The Morgan fingerprint density at radius 2 is 0.914 bits per heavy atom. The summed E-state index contributed by atoms with van der Waals surface area (Å²) in [4.78, 5) is 45.6. The molecular formula is C74H95F15O16. The Kier molecular flexibility index (Phi) is 34.1. The number of fused-ring (bicyclic) bond motifs is 2. The molecular weight excluding hydrogens is 1430 g/mol. The number of aromatic hydroxyl groups is 3. The predicted octanol–water partition coefficient (Wildman–Crippen LogP) is 17.4. The first-order chi connectivity index (χ1) is 47.4. The standard InChI is InChI=1S/C16H22F6O4.C16H16F6O4.C11H16O2.C10H16O2.C8H8O2.C8H8O.C5H9F3O/c2*1-8(2)12(23)26-11-6-9(13(3,24)15(17,18)19)5-10(7-11)14(4,25)16(20,21)22;1-7(2)11(12)13-10-6-8-3-4-9(10)5-8;1-8(2)9(11)12-10(3)6-4-5-7-10;1-2-6-3-4-7(9)8(10)5-6;1-2-7-3-5-8(9)6-4-7;1-3-4(2,9)5(6,7)8/h9-11,24-25H,1,5-7H2,2-4H3;5-7,24-25H,1H2,2-4H3;8-10H,1,3-6H2,2H3;1,4-7H2,2-3H3;2-5,9-10H,1H2;2-6,9H,1H2;9H,3H2,1-2H3. The van der Waals surface area contributed by atoms with Crippen LogP contribution in [0.25, 0.3) is 12.2 Å². The van der Waals surface area contributed by atoms with Crippen molar-refractivity contribution < 1.29 is 145 Å². The van der Waals surface area contributed by atoms with Gasteiger partial charge in [-0.2, -0.15) is 65.9 Å². The molecule has 105 heavy (non-hydrogen) atoms. The van der Waals surface area contributed by atoms with Gasteiger partial charge in [0.15, 0.2) is 39.5 Å². The number of halogens is 15. The highest BCUT2D eigenvalue weighted by Gasteiger charge is 2.62. The van der Waals surface area contributed by atoms with Crippen molar-refractivity contribution in [1.29, 1.82) is 0 Å². The Bertz CT molecular complexity index is 3380. The average molecular weight is 1530 g/mol. The fourth-order valence-electron chi connectivity index (χ4n) is 10.3. The SMILES string of the molecule is C=C(C)C(=O)OC1(C)CCCC1.C=C(C)C(=O)OC1CC(C(C)(O)C(F)(F)F)CC(C(C)(O)C(F)(F)F)C1.C=C(C)C(=O)OC1CC2CCC1C2.C=C(C)C(=O)Oc1cc(C(C)(O)C(F)(F)F)cc(C(C)(O)C(F)(F)F)c1.C=Cc1ccc(O)c(O)c1.C=Cc1ccc(O)cc1.CCC(C)(O)C(F)(F)F. The second-order valence-corrected chi connectivity index (χ2v) is 27.4. The highest BCUT2D eigenvalue weighted by molar-refractivity contribution is 5.89. The number of rotatable bonds is 15. The van der Waals surface area contributed by atoms with Gasteiger partial charge in [0.05, 0.1) is 0 Å². The van der Waals surface area contributed by atoms with Crippen LogP contribution in [0, 0.1) is 23.7 Å². The molecule has 0 saturated heterocycles. The summed E-state index contributed by atoms with van der Waals surface area (Å²) in [6, 6.07) is 12.9. The van der Waals surface area contributed by atoms with Crippen molar-refractivity contribution in [3.63, 3.8) is 0 Å². The summed E-state index contributed by atoms with van der Waals surface area (Å²) in [6.45, 7) is 32.2. The number of esters is 4. The maximum atomic E-state index is 13.1. The lowest BCUT2D eigenvalue weighted by atomic mass is 9.67. The third kappa shape index (κ3) is 28.1. The molecule has 0 radical (unpaired) electrons. The highest BCUT2D eigenvalue weighted by atomic mass is 19.4. The van der Waals surface area contributed by atoms with Crippen LogP contribution in [-0.4, -0.2) is 130 Å². The van der Waals surface area contributed by atoms with E-state index in [4.69, 9.17) is 34.6 Å². The maximum Gasteiger partial charge on any atom is 0.421 e. The lowest BCUT2D eigenvalue weighted by molar-refractivity contribution is -0.299. The Hall–Kier alpha value is -7.87. The molecule has 4 fully saturated rings. The number of aliphatic hydroxyl groups is 5. The fourth-order valence-corrected chi connectivity index (χ4v) is 10.3. The number of hydrogen-bond acceptors (Lipinski definition) is 16. The topological polar surface area (TPSA) is 267 Å². The van der Waals surface area contributed by atoms with Gasteiger partial charge in [-0.15, -0.1) is 0 Å². The van der Waals surface area contributed by atoms with Crippen LogP contribution in [0.4, 0.5) is 65.9 Å². The number of phenols is 3. The van der Waals surface area contributed by atoms with Crippen LogP contribution in [-0.2, 0) is 44.6 Å². The van der Waals surface area contributed by atoms with E-state index in [2.05, 4.69) is 44.2 Å². The minimum Gasteiger partial charge on any atom is -0.508 e. The van der Waals surface area contributed by atoms with Crippen LogP contribution in [0.2, 0.25) is 0 Å². The van der Waals surface area contributed by atoms with Gasteiger partial charge in [-0.05, 0) is 223 Å².